The molecule has 138 valence electrons. The molecule has 10 heteroatoms. The van der Waals surface area contributed by atoms with Gasteiger partial charge in [-0.3, -0.25) is 14.3 Å². The van der Waals surface area contributed by atoms with Crippen molar-refractivity contribution in [3.05, 3.63) is 38.9 Å². The summed E-state index contributed by atoms with van der Waals surface area (Å²) in [4.78, 5) is 35.1. The highest BCUT2D eigenvalue weighted by Crippen LogP contribution is 2.37. The first-order chi connectivity index (χ1) is 12.0. The van der Waals surface area contributed by atoms with E-state index in [1.54, 1.807) is 6.07 Å². The minimum Gasteiger partial charge on any atom is -0.334 e. The van der Waals surface area contributed by atoms with E-state index in [0.29, 0.717) is 29.0 Å². The van der Waals surface area contributed by atoms with Crippen molar-refractivity contribution in [2.75, 3.05) is 0 Å². The van der Waals surface area contributed by atoms with Crippen LogP contribution in [0, 0.1) is 0 Å². The van der Waals surface area contributed by atoms with E-state index >= 15 is 0 Å². The Kier molecular flexibility index (Phi) is 4.68. The van der Waals surface area contributed by atoms with Crippen molar-refractivity contribution in [3.8, 4) is 11.5 Å². The number of nitrogens with one attached hydrogen (secondary N) is 1. The van der Waals surface area contributed by atoms with E-state index in [2.05, 4.69) is 20.1 Å². The highest BCUT2D eigenvalue weighted by molar-refractivity contribution is 5.85. The van der Waals surface area contributed by atoms with Crippen molar-refractivity contribution < 1.29 is 4.52 Å². The molecule has 0 aliphatic heterocycles. The summed E-state index contributed by atoms with van der Waals surface area (Å²) in [7, 11) is 0. The molecule has 0 saturated heterocycles. The molecule has 9 nitrogen and oxygen atoms in total. The number of nitrogens with two attached hydrogens (primary N) is 1. The molecular formula is C16H19ClN6O3. The molecule has 3 N–H and O–H groups in total. The standard InChI is InChI=1S/C16H18N6O3.ClH/c1-2-6-22-11-10(12(23)19-15(22)24)7-9(8-18-11)13-20-14(21-25-13)16(17)4-3-5-16;/h7-8H,2-6,17H2,1H3,(H,19,23,24);1H. The molecule has 1 fully saturated rings. The first-order valence-electron chi connectivity index (χ1n) is 8.28. The van der Waals surface area contributed by atoms with E-state index < -0.39 is 16.8 Å². The van der Waals surface area contributed by atoms with Crippen LogP contribution in [0.3, 0.4) is 0 Å². The first-order valence-corrected chi connectivity index (χ1v) is 8.28. The second-order valence-electron chi connectivity index (χ2n) is 6.44. The van der Waals surface area contributed by atoms with E-state index in [4.69, 9.17) is 10.3 Å². The lowest BCUT2D eigenvalue weighted by molar-refractivity contribution is 0.229. The third-order valence-electron chi connectivity index (χ3n) is 4.64. The molecule has 4 rings (SSSR count). The molecule has 0 aromatic carbocycles. The molecule has 0 radical (unpaired) electrons. The van der Waals surface area contributed by atoms with Crippen LogP contribution in [0.25, 0.3) is 22.5 Å². The normalized spacial score (nSPS) is 15.5. The van der Waals surface area contributed by atoms with Gasteiger partial charge in [-0.1, -0.05) is 12.1 Å². The van der Waals surface area contributed by atoms with Gasteiger partial charge in [0.25, 0.3) is 11.4 Å². The number of aryl methyl sites for hydroxylation is 1. The van der Waals surface area contributed by atoms with Crippen molar-refractivity contribution in [1.82, 2.24) is 24.7 Å². The Morgan fingerprint density at radius 1 is 1.38 bits per heavy atom. The van der Waals surface area contributed by atoms with Crippen molar-refractivity contribution >= 4 is 23.4 Å². The topological polar surface area (TPSA) is 133 Å². The van der Waals surface area contributed by atoms with Gasteiger partial charge in [0, 0.05) is 12.7 Å². The zero-order valence-electron chi connectivity index (χ0n) is 14.2. The summed E-state index contributed by atoms with van der Waals surface area (Å²) in [6.45, 7) is 2.42. The summed E-state index contributed by atoms with van der Waals surface area (Å²) in [5.74, 6) is 0.729. The quantitative estimate of drug-likeness (QED) is 0.699. The number of hydrogen-bond acceptors (Lipinski definition) is 7. The Morgan fingerprint density at radius 2 is 2.15 bits per heavy atom. The van der Waals surface area contributed by atoms with E-state index in [1.807, 2.05) is 6.92 Å². The van der Waals surface area contributed by atoms with Crippen molar-refractivity contribution in [2.45, 2.75) is 44.7 Å². The predicted molar refractivity (Wildman–Crippen MR) is 97.2 cm³/mol. The first kappa shape index (κ1) is 18.3. The monoisotopic (exact) mass is 378 g/mol. The number of H-pyrrole nitrogens is 1. The van der Waals surface area contributed by atoms with Gasteiger partial charge in [-0.25, -0.2) is 9.78 Å². The molecule has 1 saturated carbocycles. The number of hydrogen-bond donors (Lipinski definition) is 2. The molecule has 1 aliphatic rings. The van der Waals surface area contributed by atoms with Crippen LogP contribution in [-0.2, 0) is 12.1 Å². The minimum absolute atomic E-state index is 0. The molecule has 26 heavy (non-hydrogen) atoms. The highest BCUT2D eigenvalue weighted by Gasteiger charge is 2.39. The third kappa shape index (κ3) is 2.82. The van der Waals surface area contributed by atoms with Gasteiger partial charge >= 0.3 is 5.69 Å². The zero-order chi connectivity index (χ0) is 17.6. The average Bonchev–Trinajstić information content (AvgIpc) is 3.06. The van der Waals surface area contributed by atoms with E-state index in [9.17, 15) is 9.59 Å². The van der Waals surface area contributed by atoms with Crippen LogP contribution in [0.2, 0.25) is 0 Å². The second kappa shape index (κ2) is 6.65. The molecule has 3 heterocycles. The van der Waals surface area contributed by atoms with Gasteiger partial charge in [-0.05, 0) is 31.7 Å². The van der Waals surface area contributed by atoms with E-state index in [0.717, 1.165) is 25.7 Å². The zero-order valence-corrected chi connectivity index (χ0v) is 15.0. The van der Waals surface area contributed by atoms with Crippen LogP contribution in [0.15, 0.2) is 26.4 Å². The summed E-state index contributed by atoms with van der Waals surface area (Å²) in [6, 6.07) is 1.61. The Labute approximate surface area is 154 Å². The van der Waals surface area contributed by atoms with E-state index in [1.165, 1.54) is 10.8 Å². The van der Waals surface area contributed by atoms with Crippen molar-refractivity contribution in [3.63, 3.8) is 0 Å². The maximum absolute atomic E-state index is 12.2. The van der Waals surface area contributed by atoms with Gasteiger partial charge in [0.1, 0.15) is 5.65 Å². The van der Waals surface area contributed by atoms with Crippen LogP contribution >= 0.6 is 12.4 Å². The van der Waals surface area contributed by atoms with Gasteiger partial charge in [0.2, 0.25) is 0 Å². The van der Waals surface area contributed by atoms with Crippen LogP contribution in [0.5, 0.6) is 0 Å². The lowest BCUT2D eigenvalue weighted by Gasteiger charge is -2.34. The number of fused-ring (bicyclic) bond motifs is 1. The van der Waals surface area contributed by atoms with Crippen LogP contribution in [0.1, 0.15) is 38.4 Å². The number of aromatic amines is 1. The molecule has 0 bridgehead atoms. The van der Waals surface area contributed by atoms with E-state index in [-0.39, 0.29) is 18.3 Å². The summed E-state index contributed by atoms with van der Waals surface area (Å²) >= 11 is 0. The Balaban J connectivity index is 0.00000196. The number of aromatic nitrogens is 5. The highest BCUT2D eigenvalue weighted by atomic mass is 35.5. The van der Waals surface area contributed by atoms with Crippen LogP contribution in [-0.4, -0.2) is 24.7 Å². The largest absolute Gasteiger partial charge is 0.334 e. The molecule has 3 aromatic rings. The number of rotatable bonds is 4. The fourth-order valence-electron chi connectivity index (χ4n) is 3.04. The lowest BCUT2D eigenvalue weighted by Crippen LogP contribution is -2.44. The summed E-state index contributed by atoms with van der Waals surface area (Å²) < 4.78 is 6.75. The summed E-state index contributed by atoms with van der Waals surface area (Å²) in [5, 5.41) is 4.27. The molecule has 0 atom stereocenters. The van der Waals surface area contributed by atoms with Gasteiger partial charge in [0.05, 0.1) is 16.5 Å². The van der Waals surface area contributed by atoms with Gasteiger partial charge in [-0.15, -0.1) is 12.4 Å². The van der Waals surface area contributed by atoms with Gasteiger partial charge in [-0.2, -0.15) is 4.98 Å². The smallest absolute Gasteiger partial charge is 0.329 e. The average molecular weight is 379 g/mol. The Morgan fingerprint density at radius 3 is 2.81 bits per heavy atom. The summed E-state index contributed by atoms with van der Waals surface area (Å²) in [6.07, 6.45) is 4.96. The Bertz CT molecular complexity index is 1070. The third-order valence-corrected chi connectivity index (χ3v) is 4.64. The summed E-state index contributed by atoms with van der Waals surface area (Å²) in [5.41, 5.74) is 5.59. The lowest BCUT2D eigenvalue weighted by atomic mass is 9.77. The van der Waals surface area contributed by atoms with Crippen molar-refractivity contribution in [2.24, 2.45) is 5.73 Å². The molecule has 3 aromatic heterocycles. The number of nitrogens with zero attached hydrogens (tertiary/aromatic N) is 4. The fraction of sp³-hybridized carbons (Fsp3) is 0.438. The molecular weight excluding hydrogens is 360 g/mol. The SMILES string of the molecule is CCCn1c(=O)[nH]c(=O)c2cc(-c3nc(C4(N)CCC4)no3)cnc21.Cl. The van der Waals surface area contributed by atoms with Crippen molar-refractivity contribution in [1.29, 1.82) is 0 Å². The van der Waals surface area contributed by atoms with Crippen LogP contribution in [0.4, 0.5) is 0 Å². The maximum atomic E-state index is 12.2. The molecule has 0 unspecified atom stereocenters. The predicted octanol–water partition coefficient (Wildman–Crippen LogP) is 1.30. The van der Waals surface area contributed by atoms with Gasteiger partial charge < -0.3 is 10.3 Å². The van der Waals surface area contributed by atoms with Crippen LogP contribution < -0.4 is 17.0 Å². The Hall–Kier alpha value is -2.52. The molecule has 0 amide bonds. The van der Waals surface area contributed by atoms with Gasteiger partial charge in [0.15, 0.2) is 5.82 Å². The number of halogens is 1. The molecule has 1 aliphatic carbocycles. The maximum Gasteiger partial charge on any atom is 0.329 e. The molecule has 0 spiro atoms. The second-order valence-corrected chi connectivity index (χ2v) is 6.44. The number of pyridine rings is 1. The minimum atomic E-state index is -0.523. The fourth-order valence-corrected chi connectivity index (χ4v) is 3.04.